The summed E-state index contributed by atoms with van der Waals surface area (Å²) < 4.78 is 51.1. The molecule has 2 aliphatic heterocycles. The number of amides is 1. The summed E-state index contributed by atoms with van der Waals surface area (Å²) in [5.41, 5.74) is 3.86. The van der Waals surface area contributed by atoms with Crippen molar-refractivity contribution in [3.8, 4) is 5.75 Å². The van der Waals surface area contributed by atoms with Crippen molar-refractivity contribution in [2.24, 2.45) is 0 Å². The number of halogens is 3. The average Bonchev–Trinajstić information content (AvgIpc) is 3.61. The Labute approximate surface area is 261 Å². The maximum atomic E-state index is 15.0. The lowest BCUT2D eigenvalue weighted by Crippen LogP contribution is -2.67. The minimum Gasteiger partial charge on any atom is -0.451 e. The van der Waals surface area contributed by atoms with Crippen LogP contribution in [-0.4, -0.2) is 88.3 Å². The number of ether oxygens (including phenoxy) is 4. The molecular weight excluding hydrogens is 622 g/mol. The van der Waals surface area contributed by atoms with Gasteiger partial charge in [-0.15, -0.1) is 0 Å². The first-order valence-corrected chi connectivity index (χ1v) is 14.4. The highest BCUT2D eigenvalue weighted by atomic mass is 35.5. The number of nitrogens with one attached hydrogen (secondary N) is 2. The molecule has 2 aromatic carbocycles. The molecule has 3 aliphatic rings. The number of carbonyl (C=O) groups is 1. The first-order chi connectivity index (χ1) is 21.4. The van der Waals surface area contributed by atoms with Crippen LogP contribution < -0.4 is 15.5 Å². The third-order valence-electron chi connectivity index (χ3n) is 7.64. The van der Waals surface area contributed by atoms with Gasteiger partial charge in [-0.1, -0.05) is 29.8 Å². The summed E-state index contributed by atoms with van der Waals surface area (Å²) in [6.45, 7) is 2.87. The molecule has 12 nitrogen and oxygen atoms in total. The number of aliphatic hydroxyl groups excluding tert-OH is 4. The van der Waals surface area contributed by atoms with Crippen LogP contribution in [0.4, 0.5) is 8.78 Å². The number of aliphatic hydroxyl groups is 4. The van der Waals surface area contributed by atoms with Crippen molar-refractivity contribution in [3.63, 3.8) is 0 Å². The van der Waals surface area contributed by atoms with E-state index >= 15 is 0 Å². The zero-order valence-electron chi connectivity index (χ0n) is 24.1. The Balaban J connectivity index is 1.18. The maximum absolute atomic E-state index is 15.0. The summed E-state index contributed by atoms with van der Waals surface area (Å²) in [5, 5.41) is 44.6. The molecule has 2 aromatic rings. The van der Waals surface area contributed by atoms with Crippen LogP contribution in [0, 0.1) is 5.82 Å². The second-order valence-electron chi connectivity index (χ2n) is 10.9. The molecule has 6 N–H and O–H groups in total. The fraction of sp³-hybridized carbons (Fsp3) is 0.433. The molecule has 2 heterocycles. The van der Waals surface area contributed by atoms with Crippen molar-refractivity contribution in [1.29, 1.82) is 0 Å². The zero-order valence-corrected chi connectivity index (χ0v) is 24.9. The average molecular weight is 655 g/mol. The van der Waals surface area contributed by atoms with Gasteiger partial charge in [0.2, 0.25) is 12.1 Å². The SMILES string of the molecule is CC(=Cc1ccc(O[C@@H]2OC(=C(C)NOCc3cccc(Cl)c3)[C@@H](O)[C@@H]2F)c(F)c1)C(=O)N[C@@H]1[C@H](O)[C@@H](O)[C@H]2OCO[C@H]2[C@@H]1O. The molecule has 0 spiro atoms. The molecule has 2 saturated heterocycles. The van der Waals surface area contributed by atoms with Crippen LogP contribution in [0.5, 0.6) is 5.75 Å². The minimum absolute atomic E-state index is 0.0871. The van der Waals surface area contributed by atoms with Crippen molar-refractivity contribution >= 4 is 23.6 Å². The quantitative estimate of drug-likeness (QED) is 0.172. The monoisotopic (exact) mass is 654 g/mol. The summed E-state index contributed by atoms with van der Waals surface area (Å²) in [4.78, 5) is 18.2. The number of carbonyl (C=O) groups excluding carboxylic acids is 1. The predicted molar refractivity (Wildman–Crippen MR) is 153 cm³/mol. The predicted octanol–water partition coefficient (Wildman–Crippen LogP) is 1.59. The van der Waals surface area contributed by atoms with Gasteiger partial charge in [-0.05, 0) is 55.3 Å². The van der Waals surface area contributed by atoms with E-state index in [1.165, 1.54) is 32.1 Å². The number of rotatable bonds is 9. The van der Waals surface area contributed by atoms with Gasteiger partial charge in [0.15, 0.2) is 23.4 Å². The number of benzene rings is 2. The van der Waals surface area contributed by atoms with E-state index in [1.807, 2.05) is 0 Å². The van der Waals surface area contributed by atoms with Gasteiger partial charge in [-0.25, -0.2) is 8.78 Å². The van der Waals surface area contributed by atoms with Gasteiger partial charge in [0.05, 0.1) is 18.3 Å². The van der Waals surface area contributed by atoms with E-state index in [-0.39, 0.29) is 41.7 Å². The van der Waals surface area contributed by atoms with Crippen molar-refractivity contribution < 1.29 is 57.8 Å². The molecule has 0 aromatic heterocycles. The summed E-state index contributed by atoms with van der Waals surface area (Å²) >= 11 is 5.95. The first kappa shape index (κ1) is 33.0. The normalized spacial score (nSPS) is 32.5. The van der Waals surface area contributed by atoms with Crippen LogP contribution in [0.25, 0.3) is 6.08 Å². The maximum Gasteiger partial charge on any atom is 0.275 e. The second kappa shape index (κ2) is 14.0. The summed E-state index contributed by atoms with van der Waals surface area (Å²) in [5.74, 6) is -2.14. The Bertz CT molecular complexity index is 1460. The van der Waals surface area contributed by atoms with E-state index in [2.05, 4.69) is 10.8 Å². The molecule has 1 saturated carbocycles. The molecule has 0 radical (unpaired) electrons. The fourth-order valence-corrected chi connectivity index (χ4v) is 5.43. The van der Waals surface area contributed by atoms with Crippen LogP contribution in [0.3, 0.4) is 0 Å². The molecule has 5 rings (SSSR count). The third kappa shape index (κ3) is 7.23. The molecule has 244 valence electrons. The number of hydrogen-bond acceptors (Lipinski definition) is 11. The summed E-state index contributed by atoms with van der Waals surface area (Å²) in [6.07, 6.45) is -10.2. The molecule has 3 fully saturated rings. The first-order valence-electron chi connectivity index (χ1n) is 14.0. The van der Waals surface area contributed by atoms with Gasteiger partial charge in [-0.2, -0.15) is 0 Å². The smallest absolute Gasteiger partial charge is 0.275 e. The Morgan fingerprint density at radius 1 is 1.07 bits per heavy atom. The van der Waals surface area contributed by atoms with E-state index < -0.39 is 66.9 Å². The Kier molecular flexibility index (Phi) is 10.3. The highest BCUT2D eigenvalue weighted by Crippen LogP contribution is 2.33. The van der Waals surface area contributed by atoms with Gasteiger partial charge >= 0.3 is 0 Å². The lowest BCUT2D eigenvalue weighted by molar-refractivity contribution is -0.155. The lowest BCUT2D eigenvalue weighted by atomic mass is 9.83. The second-order valence-corrected chi connectivity index (χ2v) is 11.3. The van der Waals surface area contributed by atoms with Gasteiger partial charge in [-0.3, -0.25) is 15.1 Å². The largest absolute Gasteiger partial charge is 0.451 e. The van der Waals surface area contributed by atoms with E-state index in [1.54, 1.807) is 24.3 Å². The van der Waals surface area contributed by atoms with Crippen LogP contribution >= 0.6 is 11.6 Å². The highest BCUT2D eigenvalue weighted by molar-refractivity contribution is 6.30. The van der Waals surface area contributed by atoms with Crippen molar-refractivity contribution in [2.75, 3.05) is 6.79 Å². The Morgan fingerprint density at radius 2 is 1.80 bits per heavy atom. The molecule has 45 heavy (non-hydrogen) atoms. The number of fused-ring (bicyclic) bond motifs is 1. The number of hydrogen-bond donors (Lipinski definition) is 6. The van der Waals surface area contributed by atoms with Crippen molar-refractivity contribution in [3.05, 3.63) is 81.5 Å². The zero-order chi connectivity index (χ0) is 32.4. The number of hydroxylamine groups is 1. The standard InChI is InChI=1S/C30H33ClF2N2O10/c1-13(29(40)34-21-23(37)25(39)28-27(24(21)38)41-12-42-28)8-15-6-7-19(18(32)10-15)44-30-20(33)22(36)26(45-30)14(2)35-43-11-16-4-3-5-17(31)9-16/h3-10,20-25,27-28,30,35-39H,11-12H2,1-2H3,(H,34,40)/t20-,21+,22-,23-,24+,25+,27-,28+,30+/m0/s1. The van der Waals surface area contributed by atoms with E-state index in [9.17, 15) is 34.0 Å². The van der Waals surface area contributed by atoms with Gasteiger partial charge in [0.25, 0.3) is 6.29 Å². The topological polar surface area (TPSA) is 168 Å². The number of alkyl halides is 1. The van der Waals surface area contributed by atoms with E-state index in [4.69, 9.17) is 35.4 Å². The van der Waals surface area contributed by atoms with Crippen LogP contribution in [0.2, 0.25) is 5.02 Å². The minimum atomic E-state index is -2.05. The van der Waals surface area contributed by atoms with Gasteiger partial charge in [0, 0.05) is 10.6 Å². The lowest BCUT2D eigenvalue weighted by Gasteiger charge is -2.41. The van der Waals surface area contributed by atoms with Gasteiger partial charge in [0.1, 0.15) is 37.3 Å². The van der Waals surface area contributed by atoms with E-state index in [0.29, 0.717) is 5.02 Å². The number of allylic oxidation sites excluding steroid dienone is 1. The molecule has 0 bridgehead atoms. The van der Waals surface area contributed by atoms with Crippen LogP contribution in [-0.2, 0) is 30.4 Å². The summed E-state index contributed by atoms with van der Waals surface area (Å²) in [7, 11) is 0. The molecular formula is C30H33ClF2N2O10. The van der Waals surface area contributed by atoms with Gasteiger partial charge < -0.3 is 44.7 Å². The fourth-order valence-electron chi connectivity index (χ4n) is 5.22. The van der Waals surface area contributed by atoms with E-state index in [0.717, 1.165) is 11.6 Å². The molecule has 1 amide bonds. The van der Waals surface area contributed by atoms with Crippen molar-refractivity contribution in [1.82, 2.24) is 10.8 Å². The third-order valence-corrected chi connectivity index (χ3v) is 7.87. The molecule has 15 heteroatoms. The molecule has 1 aliphatic carbocycles. The Hall–Kier alpha value is -3.34. The van der Waals surface area contributed by atoms with Crippen LogP contribution in [0.1, 0.15) is 25.0 Å². The Morgan fingerprint density at radius 3 is 2.51 bits per heavy atom. The molecule has 9 atom stereocenters. The van der Waals surface area contributed by atoms with Crippen LogP contribution in [0.15, 0.2) is 59.5 Å². The highest BCUT2D eigenvalue weighted by Gasteiger charge is 2.53. The summed E-state index contributed by atoms with van der Waals surface area (Å²) in [6, 6.07) is 9.36. The van der Waals surface area contributed by atoms with Crippen molar-refractivity contribution in [2.45, 2.75) is 75.6 Å². The molecule has 0 unspecified atom stereocenters.